The highest BCUT2D eigenvalue weighted by molar-refractivity contribution is 7.89. The molecule has 0 aliphatic carbocycles. The minimum atomic E-state index is -3.49. The molecular weight excluding hydrogens is 312 g/mol. The van der Waals surface area contributed by atoms with Gasteiger partial charge < -0.3 is 5.73 Å². The second-order valence-electron chi connectivity index (χ2n) is 4.19. The molecule has 0 amide bonds. The van der Waals surface area contributed by atoms with Gasteiger partial charge in [0.25, 0.3) is 0 Å². The first kappa shape index (κ1) is 15.1. The molecular formula is C13H14N2O2S3. The first-order valence-corrected chi connectivity index (χ1v) is 8.64. The molecule has 106 valence electrons. The van der Waals surface area contributed by atoms with Crippen molar-refractivity contribution in [2.45, 2.75) is 17.9 Å². The highest BCUT2D eigenvalue weighted by Gasteiger charge is 2.13. The maximum Gasteiger partial charge on any atom is 0.240 e. The maximum atomic E-state index is 12.1. The summed E-state index contributed by atoms with van der Waals surface area (Å²) in [5.41, 5.74) is 6.35. The Kier molecular flexibility index (Phi) is 4.87. The Labute approximate surface area is 127 Å². The monoisotopic (exact) mass is 326 g/mol. The Morgan fingerprint density at radius 2 is 1.95 bits per heavy atom. The SMILES string of the molecule is NC(=S)Cc1ccc(S(=O)(=O)NCc2cccs2)cc1. The van der Waals surface area contributed by atoms with E-state index in [2.05, 4.69) is 4.72 Å². The molecule has 0 saturated heterocycles. The van der Waals surface area contributed by atoms with Crippen LogP contribution < -0.4 is 10.5 Å². The Balaban J connectivity index is 2.07. The van der Waals surface area contributed by atoms with E-state index in [0.29, 0.717) is 18.0 Å². The highest BCUT2D eigenvalue weighted by atomic mass is 32.2. The van der Waals surface area contributed by atoms with Crippen LogP contribution in [0.2, 0.25) is 0 Å². The molecule has 0 saturated carbocycles. The molecule has 0 aliphatic heterocycles. The third-order valence-corrected chi connectivity index (χ3v) is 5.07. The van der Waals surface area contributed by atoms with Crippen LogP contribution in [0.5, 0.6) is 0 Å². The Bertz CT molecular complexity index is 677. The van der Waals surface area contributed by atoms with Crippen LogP contribution >= 0.6 is 23.6 Å². The maximum absolute atomic E-state index is 12.1. The topological polar surface area (TPSA) is 72.2 Å². The van der Waals surface area contributed by atoms with Gasteiger partial charge in [0.15, 0.2) is 0 Å². The molecule has 4 nitrogen and oxygen atoms in total. The molecule has 0 fully saturated rings. The predicted molar refractivity (Wildman–Crippen MR) is 85.3 cm³/mol. The van der Waals surface area contributed by atoms with E-state index in [1.54, 1.807) is 24.3 Å². The number of benzene rings is 1. The quantitative estimate of drug-likeness (QED) is 0.797. The van der Waals surface area contributed by atoms with Gasteiger partial charge in [-0.05, 0) is 29.1 Å². The first-order valence-electron chi connectivity index (χ1n) is 5.87. The third-order valence-electron chi connectivity index (χ3n) is 2.63. The zero-order valence-corrected chi connectivity index (χ0v) is 13.0. The summed E-state index contributed by atoms with van der Waals surface area (Å²) in [6.07, 6.45) is 0.471. The lowest BCUT2D eigenvalue weighted by molar-refractivity contribution is 0.582. The van der Waals surface area contributed by atoms with Crippen LogP contribution in [-0.4, -0.2) is 13.4 Å². The first-order chi connectivity index (χ1) is 9.47. The van der Waals surface area contributed by atoms with Gasteiger partial charge in [0, 0.05) is 17.8 Å². The Morgan fingerprint density at radius 3 is 2.50 bits per heavy atom. The summed E-state index contributed by atoms with van der Waals surface area (Å²) in [6, 6.07) is 10.3. The molecule has 3 N–H and O–H groups in total. The van der Waals surface area contributed by atoms with E-state index in [1.165, 1.54) is 11.3 Å². The molecule has 2 aromatic rings. The van der Waals surface area contributed by atoms with Gasteiger partial charge in [-0.15, -0.1) is 11.3 Å². The molecule has 2 rings (SSSR count). The van der Waals surface area contributed by atoms with Crippen LogP contribution in [0.3, 0.4) is 0 Å². The van der Waals surface area contributed by atoms with E-state index < -0.39 is 10.0 Å². The number of nitrogens with one attached hydrogen (secondary N) is 1. The molecule has 0 radical (unpaired) electrons. The van der Waals surface area contributed by atoms with Crippen LogP contribution in [0.15, 0.2) is 46.7 Å². The van der Waals surface area contributed by atoms with Crippen molar-refractivity contribution in [3.8, 4) is 0 Å². The van der Waals surface area contributed by atoms with Crippen LogP contribution in [-0.2, 0) is 23.0 Å². The number of hydrogen-bond acceptors (Lipinski definition) is 4. The van der Waals surface area contributed by atoms with Crippen molar-refractivity contribution in [1.82, 2.24) is 4.72 Å². The van der Waals surface area contributed by atoms with Crippen LogP contribution in [0.25, 0.3) is 0 Å². The molecule has 0 unspecified atom stereocenters. The number of nitrogens with two attached hydrogens (primary N) is 1. The fraction of sp³-hybridized carbons (Fsp3) is 0.154. The lowest BCUT2D eigenvalue weighted by atomic mass is 10.1. The summed E-state index contributed by atoms with van der Waals surface area (Å²) < 4.78 is 26.8. The number of thiophene rings is 1. The number of thiocarbonyl (C=S) groups is 1. The summed E-state index contributed by atoms with van der Waals surface area (Å²) in [5.74, 6) is 0. The molecule has 20 heavy (non-hydrogen) atoms. The molecule has 0 bridgehead atoms. The highest BCUT2D eigenvalue weighted by Crippen LogP contribution is 2.13. The lowest BCUT2D eigenvalue weighted by Crippen LogP contribution is -2.22. The van der Waals surface area contributed by atoms with Crippen LogP contribution in [0.4, 0.5) is 0 Å². The zero-order valence-electron chi connectivity index (χ0n) is 10.6. The summed E-state index contributed by atoms with van der Waals surface area (Å²) in [6.45, 7) is 0.300. The van der Waals surface area contributed by atoms with Crippen molar-refractivity contribution in [2.24, 2.45) is 5.73 Å². The smallest absolute Gasteiger partial charge is 0.240 e. The van der Waals surface area contributed by atoms with Gasteiger partial charge in [0.1, 0.15) is 0 Å². The number of sulfonamides is 1. The summed E-state index contributed by atoms with van der Waals surface area (Å²) >= 11 is 6.33. The molecule has 7 heteroatoms. The summed E-state index contributed by atoms with van der Waals surface area (Å²) in [4.78, 5) is 1.59. The van der Waals surface area contributed by atoms with Gasteiger partial charge in [-0.2, -0.15) is 0 Å². The average molecular weight is 326 g/mol. The van der Waals surface area contributed by atoms with E-state index in [4.69, 9.17) is 18.0 Å². The second-order valence-corrected chi connectivity index (χ2v) is 7.51. The van der Waals surface area contributed by atoms with E-state index in [9.17, 15) is 8.42 Å². The molecule has 0 spiro atoms. The third kappa shape index (κ3) is 4.11. The minimum absolute atomic E-state index is 0.237. The minimum Gasteiger partial charge on any atom is -0.393 e. The second kappa shape index (κ2) is 6.45. The lowest BCUT2D eigenvalue weighted by Gasteiger charge is -2.06. The Morgan fingerprint density at radius 1 is 1.25 bits per heavy atom. The largest absolute Gasteiger partial charge is 0.393 e. The Hall–Kier alpha value is -1.28. The molecule has 0 atom stereocenters. The van der Waals surface area contributed by atoms with Crippen LogP contribution in [0, 0.1) is 0 Å². The fourth-order valence-electron chi connectivity index (χ4n) is 1.65. The van der Waals surface area contributed by atoms with Gasteiger partial charge in [-0.1, -0.05) is 30.4 Å². The van der Waals surface area contributed by atoms with Gasteiger partial charge in [0.05, 0.1) is 9.88 Å². The van der Waals surface area contributed by atoms with Crippen molar-refractivity contribution in [3.63, 3.8) is 0 Å². The molecule has 0 aliphatic rings. The van der Waals surface area contributed by atoms with Gasteiger partial charge in [0.2, 0.25) is 10.0 Å². The zero-order chi connectivity index (χ0) is 14.6. The molecule has 1 aromatic heterocycles. The standard InChI is InChI=1S/C13H14N2O2S3/c14-13(18)8-10-3-5-12(6-4-10)20(16,17)15-9-11-2-1-7-19-11/h1-7,15H,8-9H2,(H2,14,18). The van der Waals surface area contributed by atoms with Crippen molar-refractivity contribution in [1.29, 1.82) is 0 Å². The van der Waals surface area contributed by atoms with Gasteiger partial charge in [-0.25, -0.2) is 13.1 Å². The van der Waals surface area contributed by atoms with E-state index in [0.717, 1.165) is 10.4 Å². The van der Waals surface area contributed by atoms with E-state index >= 15 is 0 Å². The predicted octanol–water partition coefficient (Wildman–Crippen LogP) is 2.06. The average Bonchev–Trinajstić information content (AvgIpc) is 2.89. The molecule has 1 aromatic carbocycles. The van der Waals surface area contributed by atoms with Gasteiger partial charge >= 0.3 is 0 Å². The molecule has 1 heterocycles. The van der Waals surface area contributed by atoms with E-state index in [1.807, 2.05) is 17.5 Å². The van der Waals surface area contributed by atoms with Crippen molar-refractivity contribution in [2.75, 3.05) is 0 Å². The normalized spacial score (nSPS) is 11.4. The van der Waals surface area contributed by atoms with Gasteiger partial charge in [-0.3, -0.25) is 0 Å². The van der Waals surface area contributed by atoms with Crippen molar-refractivity contribution < 1.29 is 8.42 Å². The van der Waals surface area contributed by atoms with Crippen LogP contribution in [0.1, 0.15) is 10.4 Å². The summed E-state index contributed by atoms with van der Waals surface area (Å²) in [5, 5.41) is 1.91. The number of rotatable bonds is 6. The summed E-state index contributed by atoms with van der Waals surface area (Å²) in [7, 11) is -3.49. The van der Waals surface area contributed by atoms with E-state index in [-0.39, 0.29) is 4.90 Å². The van der Waals surface area contributed by atoms with Crippen molar-refractivity contribution >= 4 is 38.6 Å². The fourth-order valence-corrected chi connectivity index (χ4v) is 3.56. The number of hydrogen-bond donors (Lipinski definition) is 2. The van der Waals surface area contributed by atoms with Crippen molar-refractivity contribution in [3.05, 3.63) is 52.2 Å².